The minimum absolute atomic E-state index is 0.000132. The Kier molecular flexibility index (Phi) is 10.9. The predicted molar refractivity (Wildman–Crippen MR) is 157 cm³/mol. The first kappa shape index (κ1) is 29.7. The SMILES string of the molecule is C[C@H]([C@H](NC(=O)OCc1ccccc1)c1ccccc1)N(NC(=O)OCc1ccccc1)C(=O)OCc1ccccc1. The van der Waals surface area contributed by atoms with E-state index in [0.29, 0.717) is 5.56 Å². The summed E-state index contributed by atoms with van der Waals surface area (Å²) >= 11 is 0. The van der Waals surface area contributed by atoms with Gasteiger partial charge >= 0.3 is 18.3 Å². The number of ether oxygens (including phenoxy) is 3. The van der Waals surface area contributed by atoms with Gasteiger partial charge in [-0.1, -0.05) is 121 Å². The van der Waals surface area contributed by atoms with E-state index < -0.39 is 30.4 Å². The van der Waals surface area contributed by atoms with Crippen molar-refractivity contribution in [3.8, 4) is 0 Å². The molecule has 0 aliphatic heterocycles. The summed E-state index contributed by atoms with van der Waals surface area (Å²) in [4.78, 5) is 39.2. The van der Waals surface area contributed by atoms with Gasteiger partial charge in [-0.3, -0.25) is 0 Å². The first-order valence-electron chi connectivity index (χ1n) is 13.5. The number of rotatable bonds is 10. The van der Waals surface area contributed by atoms with Gasteiger partial charge in [0.15, 0.2) is 0 Å². The number of benzene rings is 4. The molecule has 4 aromatic carbocycles. The zero-order chi connectivity index (χ0) is 29.6. The van der Waals surface area contributed by atoms with Gasteiger partial charge in [0.2, 0.25) is 0 Å². The van der Waals surface area contributed by atoms with Gasteiger partial charge in [-0.2, -0.15) is 0 Å². The first-order chi connectivity index (χ1) is 20.5. The number of amides is 3. The van der Waals surface area contributed by atoms with Crippen LogP contribution in [0.3, 0.4) is 0 Å². The monoisotopic (exact) mass is 567 g/mol. The lowest BCUT2D eigenvalue weighted by Gasteiger charge is -2.34. The fourth-order valence-corrected chi connectivity index (χ4v) is 4.14. The van der Waals surface area contributed by atoms with Gasteiger partial charge < -0.3 is 19.5 Å². The fraction of sp³-hybridized carbons (Fsp3) is 0.182. The Hall–Kier alpha value is -5.31. The van der Waals surface area contributed by atoms with E-state index in [1.807, 2.05) is 109 Å². The van der Waals surface area contributed by atoms with Crippen LogP contribution in [0.5, 0.6) is 0 Å². The molecule has 2 N–H and O–H groups in total. The van der Waals surface area contributed by atoms with Crippen LogP contribution >= 0.6 is 0 Å². The van der Waals surface area contributed by atoms with E-state index >= 15 is 0 Å². The number of nitrogens with zero attached hydrogens (tertiary/aromatic N) is 1. The molecule has 0 aromatic heterocycles. The quantitative estimate of drug-likeness (QED) is 0.167. The van der Waals surface area contributed by atoms with Gasteiger partial charge in [0.05, 0.1) is 12.1 Å². The predicted octanol–water partition coefficient (Wildman–Crippen LogP) is 6.52. The van der Waals surface area contributed by atoms with Crippen molar-refractivity contribution in [2.75, 3.05) is 0 Å². The molecule has 0 radical (unpaired) electrons. The number of hydrogen-bond donors (Lipinski definition) is 2. The Morgan fingerprint density at radius 3 is 1.48 bits per heavy atom. The number of hydrazine groups is 1. The molecule has 2 atom stereocenters. The Morgan fingerprint density at radius 2 is 1.00 bits per heavy atom. The van der Waals surface area contributed by atoms with Gasteiger partial charge in [-0.05, 0) is 29.2 Å². The zero-order valence-corrected chi connectivity index (χ0v) is 23.2. The summed E-state index contributed by atoms with van der Waals surface area (Å²) in [6, 6.07) is 35.1. The van der Waals surface area contributed by atoms with Crippen LogP contribution in [0.25, 0.3) is 0 Å². The third-order valence-corrected chi connectivity index (χ3v) is 6.36. The molecular formula is C33H33N3O6. The molecular weight excluding hydrogens is 534 g/mol. The topological polar surface area (TPSA) is 106 Å². The summed E-state index contributed by atoms with van der Waals surface area (Å²) in [5.41, 5.74) is 5.57. The van der Waals surface area contributed by atoms with Crippen LogP contribution in [0.1, 0.15) is 35.2 Å². The summed E-state index contributed by atoms with van der Waals surface area (Å²) in [6.45, 7) is 1.72. The molecule has 0 fully saturated rings. The number of carbonyl (C=O) groups is 3. The molecule has 0 saturated carbocycles. The maximum absolute atomic E-state index is 13.4. The van der Waals surface area contributed by atoms with Gasteiger partial charge in [0.1, 0.15) is 19.8 Å². The van der Waals surface area contributed by atoms with E-state index in [4.69, 9.17) is 14.2 Å². The molecule has 4 rings (SSSR count). The molecule has 0 heterocycles. The lowest BCUT2D eigenvalue weighted by molar-refractivity contribution is 0.0405. The van der Waals surface area contributed by atoms with Gasteiger partial charge in [0.25, 0.3) is 0 Å². The highest BCUT2D eigenvalue weighted by atomic mass is 16.6. The van der Waals surface area contributed by atoms with E-state index in [1.165, 1.54) is 0 Å². The molecule has 42 heavy (non-hydrogen) atoms. The van der Waals surface area contributed by atoms with Gasteiger partial charge in [-0.25, -0.2) is 24.8 Å². The summed E-state index contributed by atoms with van der Waals surface area (Å²) in [5, 5.41) is 3.86. The average Bonchev–Trinajstić information content (AvgIpc) is 3.04. The third-order valence-electron chi connectivity index (χ3n) is 6.36. The lowest BCUT2D eigenvalue weighted by Crippen LogP contribution is -2.55. The molecule has 9 nitrogen and oxygen atoms in total. The molecule has 3 amide bonds. The standard InChI is InChI=1S/C33H33N3O6/c1-25(30(29-20-12-5-13-21-29)34-31(37)40-22-26-14-6-2-7-15-26)36(33(39)42-24-28-18-10-4-11-19-28)35-32(38)41-23-27-16-8-3-9-17-27/h2-21,25,30H,22-24H2,1H3,(H,34,37)(H,35,38)/t25-,30+/m1/s1. The second-order valence-corrected chi connectivity index (χ2v) is 9.42. The van der Waals surface area contributed by atoms with Gasteiger partial charge in [-0.15, -0.1) is 0 Å². The van der Waals surface area contributed by atoms with Crippen LogP contribution in [0.2, 0.25) is 0 Å². The Morgan fingerprint density at radius 1 is 0.595 bits per heavy atom. The smallest absolute Gasteiger partial charge is 0.429 e. The Labute approximate surface area is 245 Å². The molecule has 216 valence electrons. The first-order valence-corrected chi connectivity index (χ1v) is 13.5. The molecule has 0 bridgehead atoms. The maximum atomic E-state index is 13.4. The zero-order valence-electron chi connectivity index (χ0n) is 23.2. The van der Waals surface area contributed by atoms with Crippen LogP contribution in [-0.2, 0) is 34.0 Å². The van der Waals surface area contributed by atoms with Crippen molar-refractivity contribution >= 4 is 18.3 Å². The Balaban J connectivity index is 1.51. The van der Waals surface area contributed by atoms with E-state index in [2.05, 4.69) is 10.7 Å². The minimum Gasteiger partial charge on any atom is -0.445 e. The van der Waals surface area contributed by atoms with Crippen LogP contribution in [0.4, 0.5) is 14.4 Å². The normalized spacial score (nSPS) is 11.8. The number of carbonyl (C=O) groups excluding carboxylic acids is 3. The lowest BCUT2D eigenvalue weighted by atomic mass is 10.0. The van der Waals surface area contributed by atoms with Crippen LogP contribution in [0.15, 0.2) is 121 Å². The van der Waals surface area contributed by atoms with E-state index in [1.54, 1.807) is 19.1 Å². The largest absolute Gasteiger partial charge is 0.445 e. The van der Waals surface area contributed by atoms with Crippen LogP contribution in [0, 0.1) is 0 Å². The van der Waals surface area contributed by atoms with Crippen molar-refractivity contribution in [1.82, 2.24) is 15.8 Å². The second-order valence-electron chi connectivity index (χ2n) is 9.42. The third kappa shape index (κ3) is 9.12. The van der Waals surface area contributed by atoms with Crippen molar-refractivity contribution in [3.63, 3.8) is 0 Å². The van der Waals surface area contributed by atoms with Crippen molar-refractivity contribution in [3.05, 3.63) is 144 Å². The summed E-state index contributed by atoms with van der Waals surface area (Å²) in [5.74, 6) is 0. The highest BCUT2D eigenvalue weighted by Crippen LogP contribution is 2.22. The molecule has 0 aliphatic carbocycles. The second kappa shape index (κ2) is 15.5. The number of alkyl carbamates (subject to hydrolysis) is 1. The van der Waals surface area contributed by atoms with Gasteiger partial charge in [0, 0.05) is 0 Å². The van der Waals surface area contributed by atoms with Crippen molar-refractivity contribution in [2.24, 2.45) is 0 Å². The highest BCUT2D eigenvalue weighted by Gasteiger charge is 2.33. The highest BCUT2D eigenvalue weighted by molar-refractivity contribution is 5.75. The van der Waals surface area contributed by atoms with Crippen LogP contribution < -0.4 is 10.7 Å². The van der Waals surface area contributed by atoms with E-state index in [0.717, 1.165) is 21.7 Å². The number of nitrogens with one attached hydrogen (secondary N) is 2. The van der Waals surface area contributed by atoms with Crippen molar-refractivity contribution < 1.29 is 28.6 Å². The fourth-order valence-electron chi connectivity index (χ4n) is 4.14. The Bertz CT molecular complexity index is 1410. The van der Waals surface area contributed by atoms with Crippen molar-refractivity contribution in [1.29, 1.82) is 0 Å². The molecule has 0 spiro atoms. The van der Waals surface area contributed by atoms with Crippen molar-refractivity contribution in [2.45, 2.75) is 38.8 Å². The molecule has 0 unspecified atom stereocenters. The van der Waals surface area contributed by atoms with Crippen LogP contribution in [-0.4, -0.2) is 29.3 Å². The summed E-state index contributed by atoms with van der Waals surface area (Å²) < 4.78 is 16.4. The van der Waals surface area contributed by atoms with E-state index in [9.17, 15) is 14.4 Å². The molecule has 0 aliphatic rings. The average molecular weight is 568 g/mol. The summed E-state index contributed by atoms with van der Waals surface area (Å²) in [7, 11) is 0. The van der Waals surface area contributed by atoms with E-state index in [-0.39, 0.29) is 19.8 Å². The summed E-state index contributed by atoms with van der Waals surface area (Å²) in [6.07, 6.45) is -2.38. The molecule has 0 saturated heterocycles. The molecule has 9 heteroatoms. The maximum Gasteiger partial charge on any atom is 0.429 e. The number of hydrogen-bond acceptors (Lipinski definition) is 6. The minimum atomic E-state index is -0.860. The molecule has 4 aromatic rings.